The number of nitrogens with one attached hydrogen (secondary N) is 3. The largest absolute Gasteiger partial charge is 0.417 e. The van der Waals surface area contributed by atoms with Crippen LogP contribution < -0.4 is 16.4 Å². The van der Waals surface area contributed by atoms with Gasteiger partial charge < -0.3 is 15.1 Å². The number of hydrogen-bond acceptors (Lipinski definition) is 3. The molecule has 0 atom stereocenters. The predicted molar refractivity (Wildman–Crippen MR) is 80.9 cm³/mol. The highest BCUT2D eigenvalue weighted by Gasteiger charge is 2.07. The highest BCUT2D eigenvalue weighted by molar-refractivity contribution is 6.31. The van der Waals surface area contributed by atoms with Crippen LogP contribution in [0.3, 0.4) is 0 Å². The Morgan fingerprint density at radius 2 is 1.82 bits per heavy atom. The number of carbonyl (C=O) groups excluding carboxylic acids is 1. The molecule has 0 fully saturated rings. The van der Waals surface area contributed by atoms with Crippen LogP contribution >= 0.6 is 11.6 Å². The summed E-state index contributed by atoms with van der Waals surface area (Å²) in [5, 5.41) is 4.98. The lowest BCUT2D eigenvalue weighted by Crippen LogP contribution is -2.19. The summed E-state index contributed by atoms with van der Waals surface area (Å²) in [5.74, 6) is -1.14. The summed E-state index contributed by atoms with van der Waals surface area (Å²) in [6, 6.07) is 8.00. The van der Waals surface area contributed by atoms with E-state index in [0.717, 1.165) is 6.07 Å². The van der Waals surface area contributed by atoms with E-state index in [1.54, 1.807) is 12.1 Å². The van der Waals surface area contributed by atoms with Crippen LogP contribution in [0.4, 0.5) is 20.6 Å². The van der Waals surface area contributed by atoms with Crippen molar-refractivity contribution in [3.8, 4) is 0 Å². The summed E-state index contributed by atoms with van der Waals surface area (Å²) in [7, 11) is 0. The van der Waals surface area contributed by atoms with E-state index < -0.39 is 17.6 Å². The van der Waals surface area contributed by atoms with Gasteiger partial charge in [-0.05, 0) is 30.3 Å². The van der Waals surface area contributed by atoms with Crippen molar-refractivity contribution < 1.29 is 13.6 Å². The first-order chi connectivity index (χ1) is 10.5. The molecule has 0 aliphatic carbocycles. The maximum Gasteiger partial charge on any atom is 0.417 e. The fourth-order valence-electron chi connectivity index (χ4n) is 1.89. The minimum atomic E-state index is -0.572. The predicted octanol–water partition coefficient (Wildman–Crippen LogP) is 3.56. The lowest BCUT2D eigenvalue weighted by Gasteiger charge is -2.08. The zero-order valence-corrected chi connectivity index (χ0v) is 11.7. The highest BCUT2D eigenvalue weighted by Crippen LogP contribution is 2.20. The molecule has 3 aromatic rings. The minimum absolute atomic E-state index is 0.0895. The fourth-order valence-corrected chi connectivity index (χ4v) is 2.07. The monoisotopic (exact) mass is 321 g/mol. The number of amides is 2. The quantitative estimate of drug-likeness (QED) is 0.674. The van der Waals surface area contributed by atoms with Crippen LogP contribution in [0.15, 0.2) is 45.6 Å². The molecule has 0 aliphatic heterocycles. The average Bonchev–Trinajstić information content (AvgIpc) is 2.82. The molecule has 22 heavy (non-hydrogen) atoms. The van der Waals surface area contributed by atoms with Crippen molar-refractivity contribution in [2.75, 3.05) is 10.6 Å². The molecule has 0 radical (unpaired) electrons. The Bertz CT molecular complexity index is 919. The number of halogens is 2. The second-order valence-electron chi connectivity index (χ2n) is 4.43. The SMILES string of the molecule is O=C(Nc1ccc(F)c(Cl)c1)Nc1ccc2[nH]c(=O)oc2c1. The number of oxazole rings is 1. The summed E-state index contributed by atoms with van der Waals surface area (Å²) >= 11 is 5.63. The lowest BCUT2D eigenvalue weighted by atomic mass is 10.3. The molecule has 0 spiro atoms. The number of aromatic amines is 1. The van der Waals surface area contributed by atoms with Crippen LogP contribution in [-0.2, 0) is 0 Å². The molecule has 3 rings (SSSR count). The van der Waals surface area contributed by atoms with Crippen molar-refractivity contribution in [1.29, 1.82) is 0 Å². The standard InChI is InChI=1S/C14H9ClFN3O3/c15-9-5-7(1-3-10(9)16)17-13(20)18-8-2-4-11-12(6-8)22-14(21)19-11/h1-6H,(H,19,21)(H2,17,18,20). The maximum atomic E-state index is 13.0. The lowest BCUT2D eigenvalue weighted by molar-refractivity contribution is 0.262. The minimum Gasteiger partial charge on any atom is -0.408 e. The summed E-state index contributed by atoms with van der Waals surface area (Å²) in [6.45, 7) is 0. The Kier molecular flexibility index (Phi) is 3.56. The Labute approximate surface area is 127 Å². The van der Waals surface area contributed by atoms with E-state index in [4.69, 9.17) is 16.0 Å². The van der Waals surface area contributed by atoms with Crippen molar-refractivity contribution in [2.45, 2.75) is 0 Å². The Hall–Kier alpha value is -2.80. The van der Waals surface area contributed by atoms with Crippen molar-refractivity contribution in [2.24, 2.45) is 0 Å². The van der Waals surface area contributed by atoms with Gasteiger partial charge >= 0.3 is 11.8 Å². The molecule has 0 bridgehead atoms. The van der Waals surface area contributed by atoms with Crippen molar-refractivity contribution >= 4 is 40.1 Å². The van der Waals surface area contributed by atoms with Crippen LogP contribution in [0.1, 0.15) is 0 Å². The molecule has 6 nitrogen and oxygen atoms in total. The zero-order chi connectivity index (χ0) is 15.7. The first kappa shape index (κ1) is 14.2. The highest BCUT2D eigenvalue weighted by atomic mass is 35.5. The van der Waals surface area contributed by atoms with Gasteiger partial charge in [-0.15, -0.1) is 0 Å². The van der Waals surface area contributed by atoms with Gasteiger partial charge in [-0.2, -0.15) is 0 Å². The summed E-state index contributed by atoms with van der Waals surface area (Å²) in [5.41, 5.74) is 1.63. The van der Waals surface area contributed by atoms with Gasteiger partial charge in [0.05, 0.1) is 10.5 Å². The number of rotatable bonds is 2. The number of hydrogen-bond donors (Lipinski definition) is 3. The summed E-state index contributed by atoms with van der Waals surface area (Å²) in [6.07, 6.45) is 0. The molecule has 0 saturated carbocycles. The van der Waals surface area contributed by atoms with Gasteiger partial charge in [0.2, 0.25) is 0 Å². The number of H-pyrrole nitrogens is 1. The van der Waals surface area contributed by atoms with Gasteiger partial charge in [-0.25, -0.2) is 14.0 Å². The molecule has 8 heteroatoms. The van der Waals surface area contributed by atoms with Crippen LogP contribution in [0.5, 0.6) is 0 Å². The molecule has 1 heterocycles. The second kappa shape index (κ2) is 5.53. The van der Waals surface area contributed by atoms with Crippen LogP contribution in [0.25, 0.3) is 11.1 Å². The van der Waals surface area contributed by atoms with Gasteiger partial charge in [-0.1, -0.05) is 11.6 Å². The third-order valence-electron chi connectivity index (χ3n) is 2.86. The second-order valence-corrected chi connectivity index (χ2v) is 4.84. The molecular weight excluding hydrogens is 313 g/mol. The Morgan fingerprint density at radius 3 is 2.55 bits per heavy atom. The van der Waals surface area contributed by atoms with E-state index in [0.29, 0.717) is 22.5 Å². The molecule has 3 N–H and O–H groups in total. The molecule has 0 aliphatic rings. The van der Waals surface area contributed by atoms with E-state index in [9.17, 15) is 14.0 Å². The van der Waals surface area contributed by atoms with Gasteiger partial charge in [0.25, 0.3) is 0 Å². The fraction of sp³-hybridized carbons (Fsp3) is 0. The van der Waals surface area contributed by atoms with Crippen LogP contribution in [0, 0.1) is 5.82 Å². The van der Waals surface area contributed by atoms with Gasteiger partial charge in [-0.3, -0.25) is 4.98 Å². The smallest absolute Gasteiger partial charge is 0.408 e. The van der Waals surface area contributed by atoms with E-state index >= 15 is 0 Å². The van der Waals surface area contributed by atoms with Crippen molar-refractivity contribution in [1.82, 2.24) is 4.98 Å². The van der Waals surface area contributed by atoms with Crippen molar-refractivity contribution in [3.05, 3.63) is 57.8 Å². The first-order valence-electron chi connectivity index (χ1n) is 6.17. The normalized spacial score (nSPS) is 10.6. The number of fused-ring (bicyclic) bond motifs is 1. The molecule has 1 aromatic heterocycles. The number of benzene rings is 2. The van der Waals surface area contributed by atoms with Crippen LogP contribution in [-0.4, -0.2) is 11.0 Å². The first-order valence-corrected chi connectivity index (χ1v) is 6.55. The number of anilines is 2. The molecule has 112 valence electrons. The maximum absolute atomic E-state index is 13.0. The Balaban J connectivity index is 1.74. The molecule has 0 unspecified atom stereocenters. The van der Waals surface area contributed by atoms with E-state index in [2.05, 4.69) is 15.6 Å². The van der Waals surface area contributed by atoms with E-state index in [1.165, 1.54) is 18.2 Å². The van der Waals surface area contributed by atoms with Crippen LogP contribution in [0.2, 0.25) is 5.02 Å². The summed E-state index contributed by atoms with van der Waals surface area (Å²) < 4.78 is 17.9. The zero-order valence-electron chi connectivity index (χ0n) is 10.9. The average molecular weight is 322 g/mol. The van der Waals surface area contributed by atoms with Gasteiger partial charge in [0, 0.05) is 17.4 Å². The molecular formula is C14H9ClFN3O3. The topological polar surface area (TPSA) is 87.1 Å². The molecule has 0 saturated heterocycles. The van der Waals surface area contributed by atoms with Gasteiger partial charge in [0.1, 0.15) is 5.82 Å². The number of urea groups is 1. The number of carbonyl (C=O) groups is 1. The summed E-state index contributed by atoms with van der Waals surface area (Å²) in [4.78, 5) is 25.4. The molecule has 2 aromatic carbocycles. The number of aromatic nitrogens is 1. The van der Waals surface area contributed by atoms with Gasteiger partial charge in [0.15, 0.2) is 5.58 Å². The van der Waals surface area contributed by atoms with E-state index in [-0.39, 0.29) is 5.02 Å². The molecule has 2 amide bonds. The van der Waals surface area contributed by atoms with E-state index in [1.807, 2.05) is 0 Å². The third-order valence-corrected chi connectivity index (χ3v) is 3.15. The third kappa shape index (κ3) is 2.94. The van der Waals surface area contributed by atoms with Crippen molar-refractivity contribution in [3.63, 3.8) is 0 Å². The Morgan fingerprint density at radius 1 is 1.14 bits per heavy atom.